The molecule has 0 unspecified atom stereocenters. The number of ketones is 1. The van der Waals surface area contributed by atoms with E-state index in [1.807, 2.05) is 0 Å². The number of carbonyl (C=O) groups is 3. The number of aryl methyl sites for hydroxylation is 1. The molecular weight excluding hydrogens is 315 g/mol. The molecule has 0 bridgehead atoms. The van der Waals surface area contributed by atoms with Crippen LogP contribution in [0.5, 0.6) is 0 Å². The molecule has 122 valence electrons. The molecule has 1 aromatic carbocycles. The summed E-state index contributed by atoms with van der Waals surface area (Å²) >= 11 is 0. The number of primary amides is 1. The Labute approximate surface area is 136 Å². The summed E-state index contributed by atoms with van der Waals surface area (Å²) in [6.07, 6.45) is 1.34. The number of halogens is 1. The lowest BCUT2D eigenvalue weighted by molar-refractivity contribution is -0.114. The predicted octanol–water partition coefficient (Wildman–Crippen LogP) is 1.26. The number of hydrogen-bond donors (Lipinski definition) is 2. The summed E-state index contributed by atoms with van der Waals surface area (Å²) in [5.74, 6) is -3.28. The third-order valence-corrected chi connectivity index (χ3v) is 3.46. The van der Waals surface area contributed by atoms with Gasteiger partial charge < -0.3 is 15.6 Å². The van der Waals surface area contributed by atoms with Crippen molar-refractivity contribution in [3.8, 4) is 6.07 Å². The highest BCUT2D eigenvalue weighted by atomic mass is 19.1. The highest BCUT2D eigenvalue weighted by molar-refractivity contribution is 6.42. The monoisotopic (exact) mass is 328 g/mol. The fraction of sp³-hybridized carbons (Fsp3) is 0.125. The van der Waals surface area contributed by atoms with Crippen molar-refractivity contribution in [3.05, 3.63) is 52.6 Å². The summed E-state index contributed by atoms with van der Waals surface area (Å²) < 4.78 is 14.7. The smallest absolute Gasteiger partial charge is 0.289 e. The fourth-order valence-corrected chi connectivity index (χ4v) is 2.32. The maximum atomic E-state index is 13.3. The van der Waals surface area contributed by atoms with Crippen molar-refractivity contribution >= 4 is 23.3 Å². The number of benzene rings is 1. The molecule has 2 aromatic rings. The van der Waals surface area contributed by atoms with E-state index in [0.717, 1.165) is 6.07 Å². The average Bonchev–Trinajstić information content (AvgIpc) is 2.82. The quantitative estimate of drug-likeness (QED) is 0.649. The van der Waals surface area contributed by atoms with Crippen LogP contribution in [0.25, 0.3) is 0 Å². The minimum atomic E-state index is -1.12. The predicted molar refractivity (Wildman–Crippen MR) is 82.7 cm³/mol. The Bertz CT molecular complexity index is 909. The number of hydrogen-bond acceptors (Lipinski definition) is 4. The first kappa shape index (κ1) is 16.9. The summed E-state index contributed by atoms with van der Waals surface area (Å²) in [5.41, 5.74) is 5.46. The topological polar surface area (TPSA) is 118 Å². The van der Waals surface area contributed by atoms with E-state index < -0.39 is 23.4 Å². The Balaban J connectivity index is 2.36. The molecule has 3 N–H and O–H groups in total. The van der Waals surface area contributed by atoms with Crippen LogP contribution in [0.4, 0.5) is 10.1 Å². The van der Waals surface area contributed by atoms with Gasteiger partial charge in [0.1, 0.15) is 17.6 Å². The van der Waals surface area contributed by atoms with E-state index in [1.165, 1.54) is 36.9 Å². The first-order valence-electron chi connectivity index (χ1n) is 6.77. The van der Waals surface area contributed by atoms with Crippen molar-refractivity contribution in [3.63, 3.8) is 0 Å². The fourth-order valence-electron chi connectivity index (χ4n) is 2.32. The molecule has 0 spiro atoms. The summed E-state index contributed by atoms with van der Waals surface area (Å²) in [6.45, 7) is 1.51. The number of Topliss-reactive ketones (excluding diaryl/α,β-unsaturated/α-hetero) is 1. The molecule has 2 rings (SSSR count). The molecule has 0 saturated heterocycles. The first-order valence-corrected chi connectivity index (χ1v) is 6.77. The van der Waals surface area contributed by atoms with Gasteiger partial charge in [-0.05, 0) is 30.7 Å². The minimum absolute atomic E-state index is 0.0342. The van der Waals surface area contributed by atoms with Gasteiger partial charge in [-0.15, -0.1) is 0 Å². The zero-order valence-electron chi connectivity index (χ0n) is 12.9. The maximum absolute atomic E-state index is 13.3. The zero-order valence-corrected chi connectivity index (χ0v) is 12.9. The van der Waals surface area contributed by atoms with Crippen LogP contribution >= 0.6 is 0 Å². The lowest BCUT2D eigenvalue weighted by atomic mass is 10.1. The van der Waals surface area contributed by atoms with Crippen LogP contribution in [0.2, 0.25) is 0 Å². The van der Waals surface area contributed by atoms with Gasteiger partial charge in [-0.2, -0.15) is 5.26 Å². The molecule has 1 heterocycles. The van der Waals surface area contributed by atoms with E-state index in [4.69, 9.17) is 11.0 Å². The Hall–Kier alpha value is -3.47. The molecule has 0 aliphatic heterocycles. The summed E-state index contributed by atoms with van der Waals surface area (Å²) in [6, 6.07) is 5.24. The van der Waals surface area contributed by atoms with Gasteiger partial charge in [-0.1, -0.05) is 0 Å². The van der Waals surface area contributed by atoms with E-state index >= 15 is 0 Å². The lowest BCUT2D eigenvalue weighted by Gasteiger charge is -2.08. The van der Waals surface area contributed by atoms with E-state index in [9.17, 15) is 18.8 Å². The Morgan fingerprint density at radius 1 is 1.33 bits per heavy atom. The van der Waals surface area contributed by atoms with Gasteiger partial charge in [0, 0.05) is 24.5 Å². The Morgan fingerprint density at radius 2 is 2.00 bits per heavy atom. The Morgan fingerprint density at radius 3 is 2.58 bits per heavy atom. The molecule has 2 amide bonds. The van der Waals surface area contributed by atoms with Crippen LogP contribution < -0.4 is 11.1 Å². The molecule has 24 heavy (non-hydrogen) atoms. The molecule has 8 heteroatoms. The second-order valence-corrected chi connectivity index (χ2v) is 5.08. The number of nitrogens with one attached hydrogen (secondary N) is 1. The highest BCUT2D eigenvalue weighted by Gasteiger charge is 2.24. The molecule has 7 nitrogen and oxygen atoms in total. The Kier molecular flexibility index (Phi) is 4.46. The van der Waals surface area contributed by atoms with Crippen LogP contribution in [-0.4, -0.2) is 22.2 Å². The lowest BCUT2D eigenvalue weighted by Crippen LogP contribution is -2.23. The molecule has 0 aliphatic rings. The van der Waals surface area contributed by atoms with Crippen LogP contribution in [0.1, 0.15) is 32.0 Å². The molecule has 0 radical (unpaired) electrons. The number of anilines is 1. The third kappa shape index (κ3) is 3.01. The number of carbonyl (C=O) groups excluding carboxylic acids is 3. The van der Waals surface area contributed by atoms with Gasteiger partial charge in [0.25, 0.3) is 17.6 Å². The average molecular weight is 328 g/mol. The van der Waals surface area contributed by atoms with Gasteiger partial charge in [0.05, 0.1) is 5.56 Å². The number of rotatable bonds is 4. The van der Waals surface area contributed by atoms with Crippen molar-refractivity contribution < 1.29 is 18.8 Å². The van der Waals surface area contributed by atoms with E-state index in [1.54, 1.807) is 6.07 Å². The first-order chi connectivity index (χ1) is 11.3. The number of nitriles is 1. The molecule has 1 aromatic heterocycles. The number of nitrogens with zero attached hydrogens (tertiary/aromatic N) is 2. The molecule has 0 aliphatic carbocycles. The number of nitrogens with two attached hydrogens (primary N) is 1. The van der Waals surface area contributed by atoms with E-state index in [2.05, 4.69) is 5.32 Å². The van der Waals surface area contributed by atoms with Crippen molar-refractivity contribution in [2.75, 3.05) is 5.32 Å². The second-order valence-electron chi connectivity index (χ2n) is 5.08. The van der Waals surface area contributed by atoms with Crippen molar-refractivity contribution in [1.82, 2.24) is 4.57 Å². The summed E-state index contributed by atoms with van der Waals surface area (Å²) in [7, 11) is 1.53. The van der Waals surface area contributed by atoms with E-state index in [-0.39, 0.29) is 22.5 Å². The van der Waals surface area contributed by atoms with Crippen LogP contribution in [0.3, 0.4) is 0 Å². The standard InChI is InChI=1S/C16H13FN4O3/c1-8-11(14(22)15(19)23)7-21(2)13(8)16(24)20-10-3-4-12(17)9(5-10)6-18/h3-5,7H,1-2H3,(H2,19,23)(H,20,24). The zero-order chi connectivity index (χ0) is 18.0. The van der Waals surface area contributed by atoms with Gasteiger partial charge >= 0.3 is 0 Å². The van der Waals surface area contributed by atoms with Gasteiger partial charge in [0.2, 0.25) is 0 Å². The maximum Gasteiger partial charge on any atom is 0.289 e. The minimum Gasteiger partial charge on any atom is -0.363 e. The molecule has 0 atom stereocenters. The molecule has 0 fully saturated rings. The number of amides is 2. The van der Waals surface area contributed by atoms with Crippen molar-refractivity contribution in [1.29, 1.82) is 5.26 Å². The van der Waals surface area contributed by atoms with Crippen molar-refractivity contribution in [2.45, 2.75) is 6.92 Å². The third-order valence-electron chi connectivity index (χ3n) is 3.46. The SMILES string of the molecule is Cc1c(C(=O)C(N)=O)cn(C)c1C(=O)Nc1ccc(F)c(C#N)c1. The van der Waals surface area contributed by atoms with Gasteiger partial charge in [-0.3, -0.25) is 14.4 Å². The van der Waals surface area contributed by atoms with Gasteiger partial charge in [0.15, 0.2) is 0 Å². The second kappa shape index (κ2) is 6.34. The van der Waals surface area contributed by atoms with Gasteiger partial charge in [-0.25, -0.2) is 4.39 Å². The molecule has 0 saturated carbocycles. The van der Waals surface area contributed by atoms with E-state index in [0.29, 0.717) is 5.56 Å². The summed E-state index contributed by atoms with van der Waals surface area (Å²) in [4.78, 5) is 35.2. The summed E-state index contributed by atoms with van der Waals surface area (Å²) in [5, 5.41) is 11.3. The van der Waals surface area contributed by atoms with Crippen LogP contribution in [0.15, 0.2) is 24.4 Å². The number of aromatic nitrogens is 1. The molecular formula is C16H13FN4O3. The highest BCUT2D eigenvalue weighted by Crippen LogP contribution is 2.19. The normalized spacial score (nSPS) is 10.1. The largest absolute Gasteiger partial charge is 0.363 e. The van der Waals surface area contributed by atoms with Crippen LogP contribution in [0, 0.1) is 24.1 Å². The van der Waals surface area contributed by atoms with Crippen molar-refractivity contribution in [2.24, 2.45) is 12.8 Å². The van der Waals surface area contributed by atoms with Crippen LogP contribution in [-0.2, 0) is 11.8 Å².